The molecule has 1 aromatic rings. The highest BCUT2D eigenvalue weighted by Crippen LogP contribution is 2.44. The second-order valence-electron chi connectivity index (χ2n) is 6.52. The van der Waals surface area contributed by atoms with Gasteiger partial charge in [-0.05, 0) is 31.9 Å². The second-order valence-corrected chi connectivity index (χ2v) is 6.90. The largest absolute Gasteiger partial charge is 0.492 e. The Morgan fingerprint density at radius 1 is 1.32 bits per heavy atom. The minimum absolute atomic E-state index is 0.281. The van der Waals surface area contributed by atoms with Gasteiger partial charge in [0.1, 0.15) is 5.75 Å². The molecule has 0 aliphatic carbocycles. The summed E-state index contributed by atoms with van der Waals surface area (Å²) in [5.41, 5.74) is 6.64. The Kier molecular flexibility index (Phi) is 5.73. The van der Waals surface area contributed by atoms with Crippen molar-refractivity contribution in [3.05, 3.63) is 22.7 Å². The van der Waals surface area contributed by atoms with Crippen molar-refractivity contribution in [1.29, 1.82) is 0 Å². The van der Waals surface area contributed by atoms with Crippen molar-refractivity contribution >= 4 is 41.0 Å². The van der Waals surface area contributed by atoms with Gasteiger partial charge >= 0.3 is 5.97 Å². The van der Waals surface area contributed by atoms with Gasteiger partial charge in [0.15, 0.2) is 6.04 Å². The van der Waals surface area contributed by atoms with Crippen molar-refractivity contribution in [2.75, 3.05) is 13.2 Å². The molecule has 2 atom stereocenters. The molecule has 0 bridgehead atoms. The number of carbonyl (C=O) groups is 3. The molecule has 0 aromatic heterocycles. The van der Waals surface area contributed by atoms with Gasteiger partial charge in [-0.25, -0.2) is 4.99 Å². The quantitative estimate of drug-likeness (QED) is 0.399. The number of guanidine groups is 1. The highest BCUT2D eigenvalue weighted by molar-refractivity contribution is 6.33. The number of halogens is 1. The van der Waals surface area contributed by atoms with Crippen LogP contribution in [-0.2, 0) is 19.1 Å². The van der Waals surface area contributed by atoms with Gasteiger partial charge in [0.05, 0.1) is 30.0 Å². The maximum Gasteiger partial charge on any atom is 0.302 e. The van der Waals surface area contributed by atoms with E-state index in [0.717, 1.165) is 0 Å². The number of aliphatic imine (C=N–C) groups is 1. The fraction of sp³-hybridized carbons (Fsp3) is 0.444. The molecule has 2 heterocycles. The van der Waals surface area contributed by atoms with Crippen LogP contribution in [0.1, 0.15) is 38.3 Å². The van der Waals surface area contributed by atoms with Crippen molar-refractivity contribution in [3.63, 3.8) is 0 Å². The number of carbonyl (C=O) groups excluding carboxylic acids is 3. The number of nitrogens with one attached hydrogen (secondary N) is 1. The normalized spacial score (nSPS) is 20.0. The minimum atomic E-state index is -1.14. The molecule has 2 aliphatic heterocycles. The topological polar surface area (TPSA) is 123 Å². The molecule has 0 spiro atoms. The van der Waals surface area contributed by atoms with Crippen molar-refractivity contribution in [3.8, 4) is 5.75 Å². The Morgan fingerprint density at radius 2 is 2.04 bits per heavy atom. The van der Waals surface area contributed by atoms with E-state index < -0.39 is 23.9 Å². The lowest BCUT2D eigenvalue weighted by molar-refractivity contribution is -0.141. The zero-order valence-corrected chi connectivity index (χ0v) is 16.3. The van der Waals surface area contributed by atoms with Crippen LogP contribution >= 0.6 is 11.6 Å². The molecule has 10 heteroatoms. The van der Waals surface area contributed by atoms with Gasteiger partial charge in [0.2, 0.25) is 11.9 Å². The van der Waals surface area contributed by atoms with Gasteiger partial charge in [-0.15, -0.1) is 0 Å². The van der Waals surface area contributed by atoms with Crippen LogP contribution in [0.25, 0.3) is 0 Å². The van der Waals surface area contributed by atoms with E-state index in [9.17, 15) is 14.4 Å². The number of ether oxygens (including phenoxy) is 2. The first-order chi connectivity index (χ1) is 13.3. The fourth-order valence-electron chi connectivity index (χ4n) is 3.28. The summed E-state index contributed by atoms with van der Waals surface area (Å²) < 4.78 is 10.6. The second kappa shape index (κ2) is 8.05. The molecule has 1 saturated heterocycles. The van der Waals surface area contributed by atoms with Crippen molar-refractivity contribution in [2.24, 2.45) is 10.7 Å². The lowest BCUT2D eigenvalue weighted by atomic mass is 10.0. The lowest BCUT2D eigenvalue weighted by Crippen LogP contribution is -2.47. The number of hydrogen-bond donors (Lipinski definition) is 2. The average Bonchev–Trinajstić information content (AvgIpc) is 2.95. The van der Waals surface area contributed by atoms with Crippen LogP contribution in [0.3, 0.4) is 0 Å². The van der Waals surface area contributed by atoms with Crippen molar-refractivity contribution < 1.29 is 23.9 Å². The summed E-state index contributed by atoms with van der Waals surface area (Å²) in [6.45, 7) is 3.93. The number of nitrogens with zero attached hydrogens (tertiary/aromatic N) is 2. The van der Waals surface area contributed by atoms with Crippen LogP contribution in [-0.4, -0.2) is 47.9 Å². The van der Waals surface area contributed by atoms with E-state index in [-0.39, 0.29) is 11.9 Å². The molecule has 9 nitrogen and oxygen atoms in total. The predicted molar refractivity (Wildman–Crippen MR) is 101 cm³/mol. The summed E-state index contributed by atoms with van der Waals surface area (Å²) in [6.07, 6.45) is 1.36. The minimum Gasteiger partial charge on any atom is -0.492 e. The maximum atomic E-state index is 12.1. The lowest BCUT2D eigenvalue weighted by Gasteiger charge is -2.33. The van der Waals surface area contributed by atoms with E-state index in [1.165, 1.54) is 11.8 Å². The Balaban J connectivity index is 1.74. The van der Waals surface area contributed by atoms with Crippen LogP contribution in [0.2, 0.25) is 5.02 Å². The number of primary amides is 1. The number of unbranched alkanes of at least 4 members (excludes halogenated alkanes) is 1. The number of rotatable bonds is 7. The molecule has 150 valence electrons. The van der Waals surface area contributed by atoms with Crippen LogP contribution < -0.4 is 15.8 Å². The first kappa shape index (κ1) is 19.9. The predicted octanol–water partition coefficient (Wildman–Crippen LogP) is 1.41. The monoisotopic (exact) mass is 408 g/mol. The van der Waals surface area contributed by atoms with E-state index in [4.69, 9.17) is 26.8 Å². The van der Waals surface area contributed by atoms with Gasteiger partial charge in [-0.1, -0.05) is 11.6 Å². The molecule has 28 heavy (non-hydrogen) atoms. The molecule has 0 radical (unpaired) electrons. The number of benzene rings is 1. The number of nitrogens with two attached hydrogens (primary N) is 1. The van der Waals surface area contributed by atoms with E-state index in [1.807, 2.05) is 6.92 Å². The Labute approximate surface area is 166 Å². The maximum absolute atomic E-state index is 12.1. The van der Waals surface area contributed by atoms with E-state index in [0.29, 0.717) is 48.1 Å². The number of amides is 2. The highest BCUT2D eigenvalue weighted by atomic mass is 35.5. The third-order valence-corrected chi connectivity index (χ3v) is 4.95. The molecule has 2 amide bonds. The third-order valence-electron chi connectivity index (χ3n) is 4.56. The van der Waals surface area contributed by atoms with Crippen LogP contribution in [0, 0.1) is 0 Å². The Morgan fingerprint density at radius 3 is 2.71 bits per heavy atom. The van der Waals surface area contributed by atoms with Crippen molar-refractivity contribution in [1.82, 2.24) is 10.2 Å². The number of esters is 1. The summed E-state index contributed by atoms with van der Waals surface area (Å²) in [7, 11) is 0. The molecule has 1 aromatic carbocycles. The summed E-state index contributed by atoms with van der Waals surface area (Å²) in [6, 6.07) is 1.92. The van der Waals surface area contributed by atoms with Gasteiger partial charge in [-0.2, -0.15) is 0 Å². The van der Waals surface area contributed by atoms with Gasteiger partial charge in [0, 0.05) is 12.5 Å². The van der Waals surface area contributed by atoms with Crippen LogP contribution in [0.4, 0.5) is 5.69 Å². The van der Waals surface area contributed by atoms with Crippen LogP contribution in [0.15, 0.2) is 17.1 Å². The first-order valence-corrected chi connectivity index (χ1v) is 9.24. The van der Waals surface area contributed by atoms with E-state index >= 15 is 0 Å². The highest BCUT2D eigenvalue weighted by Gasteiger charge is 2.46. The molecule has 2 unspecified atom stereocenters. The average molecular weight is 409 g/mol. The van der Waals surface area contributed by atoms with Crippen LogP contribution in [0.5, 0.6) is 5.75 Å². The molecular formula is C18H21ClN4O5. The van der Waals surface area contributed by atoms with E-state index in [2.05, 4.69) is 10.3 Å². The van der Waals surface area contributed by atoms with Gasteiger partial charge in [-0.3, -0.25) is 19.7 Å². The summed E-state index contributed by atoms with van der Waals surface area (Å²) in [5.74, 6) is -0.811. The van der Waals surface area contributed by atoms with Crippen molar-refractivity contribution in [2.45, 2.75) is 38.8 Å². The molecule has 3 N–H and O–H groups in total. The first-order valence-electron chi connectivity index (χ1n) is 8.87. The van der Waals surface area contributed by atoms with Gasteiger partial charge < -0.3 is 20.1 Å². The molecule has 2 aliphatic rings. The molecular weight excluding hydrogens is 388 g/mol. The SMILES string of the molecule is CC(=O)OCCCCOc1ccc2c(c1Cl)C(C)N1C(=N2)NC(=O)C1C(N)=O. The fourth-order valence-corrected chi connectivity index (χ4v) is 3.65. The van der Waals surface area contributed by atoms with Gasteiger partial charge in [0.25, 0.3) is 5.91 Å². The smallest absolute Gasteiger partial charge is 0.302 e. The van der Waals surface area contributed by atoms with E-state index in [1.54, 1.807) is 12.1 Å². The summed E-state index contributed by atoms with van der Waals surface area (Å²) >= 11 is 6.55. The molecule has 3 rings (SSSR count). The zero-order chi connectivity index (χ0) is 20.4. The number of fused-ring (bicyclic) bond motifs is 2. The molecule has 0 saturated carbocycles. The zero-order valence-electron chi connectivity index (χ0n) is 15.5. The Hall–Kier alpha value is -2.81. The third kappa shape index (κ3) is 3.75. The summed E-state index contributed by atoms with van der Waals surface area (Å²) in [4.78, 5) is 40.5. The number of hydrogen-bond acceptors (Lipinski definition) is 7. The summed E-state index contributed by atoms with van der Waals surface area (Å²) in [5, 5.41) is 2.95. The standard InChI is InChI=1S/C18H21ClN4O5/c1-9-13-11(21-18-22-17(26)15(16(20)25)23(9)18)5-6-12(14(13)19)28-8-4-3-7-27-10(2)24/h5-6,9,15H,3-4,7-8H2,1-2H3,(H2,20,25)(H,21,22,26). The Bertz CT molecular complexity index is 857. The molecule has 1 fully saturated rings.